The standard InChI is InChI=1S/C27H27Cl2F2NO2.C26H25Cl2F2NO3/c1-19(33)27(30,31)17-20-3-13-25(14-4-20)34-16-15-32(2)18-26(21-5-9-23(28)10-6-21)22-7-11-24(29)12-8-22;1-31(14-15-34-23-12-2-18(3-13-23)16-26(29,30)25(32)33)17-24(19-4-8-21(27)9-5-19)20-6-10-22(28)11-7-20/h3-14,26H,15-18H2,1-2H3;2-13,24H,14-17H2,1H3,(H,32,33). The van der Waals surface area contributed by atoms with Gasteiger partial charge in [-0.25, -0.2) is 4.79 Å². The van der Waals surface area contributed by atoms with Crippen LogP contribution < -0.4 is 9.47 Å². The zero-order chi connectivity index (χ0) is 49.4. The average Bonchev–Trinajstić information content (AvgIpc) is 3.30. The van der Waals surface area contributed by atoms with Gasteiger partial charge in [0.1, 0.15) is 24.7 Å². The lowest BCUT2D eigenvalue weighted by Gasteiger charge is -2.25. The number of carboxylic acid groups (broad SMARTS) is 1. The van der Waals surface area contributed by atoms with Crippen LogP contribution in [0, 0.1) is 0 Å². The second kappa shape index (κ2) is 25.5. The summed E-state index contributed by atoms with van der Waals surface area (Å²) in [6.07, 6.45) is -1.47. The molecule has 0 radical (unpaired) electrons. The Balaban J connectivity index is 0.000000254. The predicted octanol–water partition coefficient (Wildman–Crippen LogP) is 13.3. The molecular formula is C53H52Cl4F4N2O5. The normalized spacial score (nSPS) is 11.8. The van der Waals surface area contributed by atoms with Crippen molar-refractivity contribution < 1.29 is 41.7 Å². The summed E-state index contributed by atoms with van der Waals surface area (Å²) in [5.74, 6) is -9.06. The second-order valence-electron chi connectivity index (χ2n) is 16.4. The van der Waals surface area contributed by atoms with E-state index in [1.54, 1.807) is 36.4 Å². The minimum Gasteiger partial charge on any atom is -0.492 e. The molecule has 68 heavy (non-hydrogen) atoms. The first-order valence-corrected chi connectivity index (χ1v) is 23.1. The van der Waals surface area contributed by atoms with Gasteiger partial charge < -0.3 is 24.4 Å². The van der Waals surface area contributed by atoms with Crippen molar-refractivity contribution in [3.63, 3.8) is 0 Å². The minimum absolute atomic E-state index is 0.106. The number of nitrogens with zero attached hydrogens (tertiary/aromatic N) is 2. The summed E-state index contributed by atoms with van der Waals surface area (Å²) in [5.41, 5.74) is 5.18. The lowest BCUT2D eigenvalue weighted by Crippen LogP contribution is -2.30. The summed E-state index contributed by atoms with van der Waals surface area (Å²) in [4.78, 5) is 26.0. The van der Waals surface area contributed by atoms with Crippen LogP contribution in [0.4, 0.5) is 17.6 Å². The molecule has 7 nitrogen and oxygen atoms in total. The third-order valence-electron chi connectivity index (χ3n) is 11.1. The molecule has 0 aromatic heterocycles. The van der Waals surface area contributed by atoms with Crippen LogP contribution in [-0.4, -0.2) is 92.0 Å². The molecule has 0 heterocycles. The van der Waals surface area contributed by atoms with Crippen LogP contribution in [0.1, 0.15) is 52.1 Å². The number of rotatable bonds is 22. The van der Waals surface area contributed by atoms with Crippen molar-refractivity contribution in [2.24, 2.45) is 0 Å². The van der Waals surface area contributed by atoms with Crippen molar-refractivity contribution in [3.8, 4) is 11.5 Å². The van der Waals surface area contributed by atoms with E-state index < -0.39 is 36.4 Å². The molecule has 0 aliphatic heterocycles. The molecule has 0 saturated carbocycles. The van der Waals surface area contributed by atoms with Gasteiger partial charge in [0, 0.05) is 77.9 Å². The van der Waals surface area contributed by atoms with Crippen LogP contribution in [0.15, 0.2) is 146 Å². The maximum atomic E-state index is 13.6. The molecule has 0 spiro atoms. The van der Waals surface area contributed by atoms with Gasteiger partial charge in [0.05, 0.1) is 0 Å². The molecule has 0 fully saturated rings. The highest BCUT2D eigenvalue weighted by Gasteiger charge is 2.39. The summed E-state index contributed by atoms with van der Waals surface area (Å²) in [6, 6.07) is 43.7. The number of halogens is 8. The number of likely N-dealkylation sites (N-methyl/N-ethyl adjacent to an activating group) is 2. The molecule has 6 rings (SSSR count). The molecule has 360 valence electrons. The number of hydrogen-bond acceptors (Lipinski definition) is 6. The number of ketones is 1. The van der Waals surface area contributed by atoms with Crippen molar-refractivity contribution >= 4 is 58.2 Å². The first-order chi connectivity index (χ1) is 32.3. The Bertz CT molecular complexity index is 2230. The Hall–Kier alpha value is -5.14. The van der Waals surface area contributed by atoms with Gasteiger partial charge in [0.2, 0.25) is 0 Å². The highest BCUT2D eigenvalue weighted by atomic mass is 35.5. The summed E-state index contributed by atoms with van der Waals surface area (Å²) in [6.45, 7) is 4.53. The number of ether oxygens (including phenoxy) is 2. The Morgan fingerprint density at radius 1 is 0.500 bits per heavy atom. The van der Waals surface area contributed by atoms with Crippen LogP contribution >= 0.6 is 46.4 Å². The Kier molecular flexibility index (Phi) is 20.1. The summed E-state index contributed by atoms with van der Waals surface area (Å²) in [5, 5.41) is 11.3. The summed E-state index contributed by atoms with van der Waals surface area (Å²) in [7, 11) is 4.02. The van der Waals surface area contributed by atoms with E-state index in [9.17, 15) is 27.2 Å². The number of aliphatic carboxylic acids is 1. The van der Waals surface area contributed by atoms with Gasteiger partial charge in [-0.2, -0.15) is 17.6 Å². The predicted molar refractivity (Wildman–Crippen MR) is 264 cm³/mol. The first kappa shape index (κ1) is 53.8. The Morgan fingerprint density at radius 3 is 1.04 bits per heavy atom. The van der Waals surface area contributed by atoms with E-state index in [0.29, 0.717) is 63.5 Å². The molecule has 0 saturated heterocycles. The number of Topliss-reactive ketones (excluding diaryl/α,β-unsaturated/α-hetero) is 1. The number of carboxylic acids is 1. The van der Waals surface area contributed by atoms with E-state index in [1.165, 1.54) is 12.1 Å². The molecular weight excluding hydrogens is 962 g/mol. The molecule has 0 aliphatic rings. The first-order valence-electron chi connectivity index (χ1n) is 21.6. The van der Waals surface area contributed by atoms with E-state index in [1.807, 2.05) is 111 Å². The SMILES string of the molecule is CC(=O)C(F)(F)Cc1ccc(OCCN(C)CC(c2ccc(Cl)cc2)c2ccc(Cl)cc2)cc1.CN(CCOc1ccc(CC(F)(F)C(=O)O)cc1)CC(c1ccc(Cl)cc1)c1ccc(Cl)cc1. The van der Waals surface area contributed by atoms with Gasteiger partial charge in [-0.1, -0.05) is 119 Å². The number of carbonyl (C=O) groups is 2. The highest BCUT2D eigenvalue weighted by molar-refractivity contribution is 6.31. The fourth-order valence-electron chi connectivity index (χ4n) is 7.15. The molecule has 15 heteroatoms. The topological polar surface area (TPSA) is 79.3 Å². The molecule has 0 amide bonds. The fraction of sp³-hybridized carbons (Fsp3) is 0.283. The summed E-state index contributed by atoms with van der Waals surface area (Å²) >= 11 is 24.3. The van der Waals surface area contributed by atoms with Gasteiger partial charge >= 0.3 is 17.8 Å². The maximum absolute atomic E-state index is 13.6. The third kappa shape index (κ3) is 17.1. The van der Waals surface area contributed by atoms with Crippen LogP contribution in [0.3, 0.4) is 0 Å². The highest BCUT2D eigenvalue weighted by Crippen LogP contribution is 2.30. The monoisotopic (exact) mass is 1010 g/mol. The average molecular weight is 1010 g/mol. The molecule has 6 aromatic rings. The van der Waals surface area contributed by atoms with Gasteiger partial charge in [-0.3, -0.25) is 4.79 Å². The molecule has 0 aliphatic carbocycles. The Labute approximate surface area is 415 Å². The van der Waals surface area contributed by atoms with Gasteiger partial charge in [0.25, 0.3) is 0 Å². The van der Waals surface area contributed by atoms with Crippen molar-refractivity contribution in [2.75, 3.05) is 53.5 Å². The third-order valence-corrected chi connectivity index (χ3v) is 12.1. The van der Waals surface area contributed by atoms with E-state index in [2.05, 4.69) is 9.80 Å². The smallest absolute Gasteiger partial charge is 0.374 e. The van der Waals surface area contributed by atoms with E-state index in [4.69, 9.17) is 61.0 Å². The number of benzene rings is 6. The zero-order valence-electron chi connectivity index (χ0n) is 37.7. The molecule has 1 N–H and O–H groups in total. The zero-order valence-corrected chi connectivity index (χ0v) is 40.7. The van der Waals surface area contributed by atoms with Crippen molar-refractivity contribution in [1.82, 2.24) is 9.80 Å². The molecule has 6 aromatic carbocycles. The largest absolute Gasteiger partial charge is 0.492 e. The van der Waals surface area contributed by atoms with Crippen molar-refractivity contribution in [1.29, 1.82) is 0 Å². The van der Waals surface area contributed by atoms with Gasteiger partial charge in [-0.15, -0.1) is 0 Å². The molecule has 0 atom stereocenters. The lowest BCUT2D eigenvalue weighted by atomic mass is 9.91. The van der Waals surface area contributed by atoms with E-state index >= 15 is 0 Å². The van der Waals surface area contributed by atoms with Crippen LogP contribution in [0.2, 0.25) is 20.1 Å². The van der Waals surface area contributed by atoms with Crippen LogP contribution in [0.5, 0.6) is 11.5 Å². The summed E-state index contributed by atoms with van der Waals surface area (Å²) < 4.78 is 65.5. The second-order valence-corrected chi connectivity index (χ2v) is 18.2. The maximum Gasteiger partial charge on any atom is 0.374 e. The molecule has 0 bridgehead atoms. The van der Waals surface area contributed by atoms with Crippen LogP contribution in [0.25, 0.3) is 0 Å². The van der Waals surface area contributed by atoms with Gasteiger partial charge in [-0.05, 0) is 120 Å². The van der Waals surface area contributed by atoms with E-state index in [-0.39, 0.29) is 17.4 Å². The fourth-order valence-corrected chi connectivity index (χ4v) is 7.66. The van der Waals surface area contributed by atoms with Crippen LogP contribution in [-0.2, 0) is 22.4 Å². The quantitative estimate of drug-likeness (QED) is 0.0679. The number of hydrogen-bond donors (Lipinski definition) is 1. The minimum atomic E-state index is -3.80. The van der Waals surface area contributed by atoms with Gasteiger partial charge in [0.15, 0.2) is 5.78 Å². The number of carbonyl (C=O) groups excluding carboxylic acids is 1. The molecule has 0 unspecified atom stereocenters. The van der Waals surface area contributed by atoms with Crippen molar-refractivity contribution in [3.05, 3.63) is 199 Å². The van der Waals surface area contributed by atoms with Crippen molar-refractivity contribution in [2.45, 2.75) is 43.4 Å². The van der Waals surface area contributed by atoms with E-state index in [0.717, 1.165) is 42.3 Å². The lowest BCUT2D eigenvalue weighted by molar-refractivity contribution is -0.164. The Morgan fingerprint density at radius 2 is 0.779 bits per heavy atom. The number of alkyl halides is 4.